The Morgan fingerprint density at radius 2 is 1.02 bits per heavy atom. The Labute approximate surface area is 261 Å². The van der Waals surface area contributed by atoms with Crippen LogP contribution in [0.2, 0.25) is 0 Å². The molecule has 0 bridgehead atoms. The van der Waals surface area contributed by atoms with Crippen LogP contribution in [0.5, 0.6) is 0 Å². The summed E-state index contributed by atoms with van der Waals surface area (Å²) in [7, 11) is 0. The van der Waals surface area contributed by atoms with E-state index < -0.39 is 0 Å². The van der Waals surface area contributed by atoms with E-state index in [-0.39, 0.29) is 0 Å². The van der Waals surface area contributed by atoms with Crippen molar-refractivity contribution in [2.24, 2.45) is 0 Å². The van der Waals surface area contributed by atoms with Crippen LogP contribution < -0.4 is 4.90 Å². The first-order chi connectivity index (χ1) is 22.3. The standard InChI is InChI=1S/C42H27N3/c43-27-29-21-24-33(25-22-29)45(32-13-2-1-3-14-32)40-26-23-31(28-44-40)41-36-16-6-8-18-38(36)42(39-19-9-7-17-37(39)41)35-20-10-12-30-11-4-5-15-34(30)35/h1-26,28H. The summed E-state index contributed by atoms with van der Waals surface area (Å²) in [5, 5.41) is 16.7. The second kappa shape index (κ2) is 11.1. The number of anilines is 3. The van der Waals surface area contributed by atoms with Gasteiger partial charge in [0.25, 0.3) is 0 Å². The average Bonchev–Trinajstić information content (AvgIpc) is 3.12. The molecule has 0 aliphatic rings. The Kier molecular flexibility index (Phi) is 6.52. The highest BCUT2D eigenvalue weighted by atomic mass is 15.2. The van der Waals surface area contributed by atoms with Crippen molar-refractivity contribution in [1.82, 2.24) is 4.98 Å². The molecule has 1 heterocycles. The molecule has 3 heteroatoms. The fourth-order valence-corrected chi connectivity index (χ4v) is 6.51. The predicted molar refractivity (Wildman–Crippen MR) is 187 cm³/mol. The minimum absolute atomic E-state index is 0.626. The van der Waals surface area contributed by atoms with Crippen molar-refractivity contribution < 1.29 is 0 Å². The van der Waals surface area contributed by atoms with Crippen LogP contribution in [0, 0.1) is 11.3 Å². The molecule has 0 saturated heterocycles. The zero-order valence-corrected chi connectivity index (χ0v) is 24.4. The number of benzene rings is 7. The molecule has 8 aromatic rings. The molecule has 8 rings (SSSR count). The number of pyridine rings is 1. The zero-order chi connectivity index (χ0) is 30.2. The van der Waals surface area contributed by atoms with Gasteiger partial charge in [-0.25, -0.2) is 4.98 Å². The number of hydrogen-bond acceptors (Lipinski definition) is 3. The normalized spacial score (nSPS) is 11.1. The van der Waals surface area contributed by atoms with E-state index in [2.05, 4.69) is 126 Å². The second-order valence-corrected chi connectivity index (χ2v) is 11.1. The minimum atomic E-state index is 0.626. The lowest BCUT2D eigenvalue weighted by Gasteiger charge is -2.24. The van der Waals surface area contributed by atoms with E-state index in [1.807, 2.05) is 48.7 Å². The lowest BCUT2D eigenvalue weighted by molar-refractivity contribution is 1.18. The number of rotatable bonds is 5. The molecule has 0 saturated carbocycles. The molecule has 210 valence electrons. The first-order valence-electron chi connectivity index (χ1n) is 15.0. The maximum Gasteiger partial charge on any atom is 0.137 e. The number of hydrogen-bond donors (Lipinski definition) is 0. The van der Waals surface area contributed by atoms with Gasteiger partial charge in [0, 0.05) is 23.1 Å². The molecule has 0 unspecified atom stereocenters. The monoisotopic (exact) mass is 573 g/mol. The Balaban J connectivity index is 1.33. The topological polar surface area (TPSA) is 39.9 Å². The summed E-state index contributed by atoms with van der Waals surface area (Å²) in [6.07, 6.45) is 1.99. The van der Waals surface area contributed by atoms with E-state index in [0.29, 0.717) is 5.56 Å². The lowest BCUT2D eigenvalue weighted by atomic mass is 9.85. The third-order valence-electron chi connectivity index (χ3n) is 8.53. The lowest BCUT2D eigenvalue weighted by Crippen LogP contribution is -2.11. The third kappa shape index (κ3) is 4.57. The first-order valence-corrected chi connectivity index (χ1v) is 15.0. The van der Waals surface area contributed by atoms with Gasteiger partial charge in [0.05, 0.1) is 11.6 Å². The Morgan fingerprint density at radius 1 is 0.467 bits per heavy atom. The number of nitriles is 1. The Morgan fingerprint density at radius 3 is 1.64 bits per heavy atom. The van der Waals surface area contributed by atoms with Crippen molar-refractivity contribution >= 4 is 49.5 Å². The van der Waals surface area contributed by atoms with Gasteiger partial charge in [-0.3, -0.25) is 4.90 Å². The largest absolute Gasteiger partial charge is 0.295 e. The molecule has 1 aromatic heterocycles. The summed E-state index contributed by atoms with van der Waals surface area (Å²) >= 11 is 0. The van der Waals surface area contributed by atoms with Crippen LogP contribution in [0.4, 0.5) is 17.2 Å². The minimum Gasteiger partial charge on any atom is -0.295 e. The van der Waals surface area contributed by atoms with Crippen LogP contribution in [0.1, 0.15) is 5.56 Å². The van der Waals surface area contributed by atoms with Crippen LogP contribution in [0.3, 0.4) is 0 Å². The summed E-state index contributed by atoms with van der Waals surface area (Å²) in [5.74, 6) is 0.802. The summed E-state index contributed by atoms with van der Waals surface area (Å²) in [4.78, 5) is 7.16. The van der Waals surface area contributed by atoms with Crippen molar-refractivity contribution in [3.8, 4) is 28.3 Å². The van der Waals surface area contributed by atoms with Gasteiger partial charge >= 0.3 is 0 Å². The van der Waals surface area contributed by atoms with Gasteiger partial charge in [0.2, 0.25) is 0 Å². The van der Waals surface area contributed by atoms with Crippen LogP contribution >= 0.6 is 0 Å². The van der Waals surface area contributed by atoms with Gasteiger partial charge < -0.3 is 0 Å². The summed E-state index contributed by atoms with van der Waals surface area (Å²) in [6, 6.07) is 56.9. The molecule has 3 nitrogen and oxygen atoms in total. The number of nitrogens with zero attached hydrogens (tertiary/aromatic N) is 3. The molecule has 7 aromatic carbocycles. The van der Waals surface area contributed by atoms with Gasteiger partial charge in [0.15, 0.2) is 0 Å². The molecule has 0 spiro atoms. The van der Waals surface area contributed by atoms with Crippen LogP contribution in [0.25, 0.3) is 54.6 Å². The maximum atomic E-state index is 9.34. The molecular weight excluding hydrogens is 546 g/mol. The van der Waals surface area contributed by atoms with Gasteiger partial charge in [-0.2, -0.15) is 5.26 Å². The molecule has 0 aliphatic carbocycles. The number of aromatic nitrogens is 1. The molecular formula is C42H27N3. The van der Waals surface area contributed by atoms with E-state index in [1.54, 1.807) is 0 Å². The van der Waals surface area contributed by atoms with E-state index >= 15 is 0 Å². The van der Waals surface area contributed by atoms with Crippen molar-refractivity contribution in [2.75, 3.05) is 4.90 Å². The Hall–Kier alpha value is -6.24. The van der Waals surface area contributed by atoms with Gasteiger partial charge in [-0.1, -0.05) is 109 Å². The quantitative estimate of drug-likeness (QED) is 0.192. The fraction of sp³-hybridized carbons (Fsp3) is 0. The van der Waals surface area contributed by atoms with E-state index in [4.69, 9.17) is 4.98 Å². The maximum absolute atomic E-state index is 9.34. The molecule has 0 atom stereocenters. The van der Waals surface area contributed by atoms with Crippen molar-refractivity contribution in [3.63, 3.8) is 0 Å². The Bertz CT molecular complexity index is 2310. The average molecular weight is 574 g/mol. The highest BCUT2D eigenvalue weighted by Crippen LogP contribution is 2.45. The molecule has 0 fully saturated rings. The van der Waals surface area contributed by atoms with E-state index in [9.17, 15) is 5.26 Å². The van der Waals surface area contributed by atoms with Gasteiger partial charge in [-0.05, 0) is 97.5 Å². The van der Waals surface area contributed by atoms with Crippen molar-refractivity contribution in [2.45, 2.75) is 0 Å². The molecule has 0 radical (unpaired) electrons. The highest BCUT2D eigenvalue weighted by molar-refractivity contribution is 6.23. The summed E-state index contributed by atoms with van der Waals surface area (Å²) in [6.45, 7) is 0. The molecule has 45 heavy (non-hydrogen) atoms. The van der Waals surface area contributed by atoms with Crippen LogP contribution in [-0.4, -0.2) is 4.98 Å². The SMILES string of the molecule is N#Cc1ccc(N(c2ccccc2)c2ccc(-c3c4ccccc4c(-c4cccc5ccccc45)c4ccccc34)cn2)cc1. The van der Waals surface area contributed by atoms with Gasteiger partial charge in [0.1, 0.15) is 5.82 Å². The smallest absolute Gasteiger partial charge is 0.137 e. The van der Waals surface area contributed by atoms with Gasteiger partial charge in [-0.15, -0.1) is 0 Å². The number of para-hydroxylation sites is 1. The molecule has 0 N–H and O–H groups in total. The third-order valence-corrected chi connectivity index (χ3v) is 8.53. The van der Waals surface area contributed by atoms with Crippen molar-refractivity contribution in [1.29, 1.82) is 5.26 Å². The summed E-state index contributed by atoms with van der Waals surface area (Å²) < 4.78 is 0. The predicted octanol–water partition coefficient (Wildman–Crippen LogP) is 11.2. The highest BCUT2D eigenvalue weighted by Gasteiger charge is 2.19. The van der Waals surface area contributed by atoms with Crippen LogP contribution in [0.15, 0.2) is 164 Å². The zero-order valence-electron chi connectivity index (χ0n) is 24.4. The van der Waals surface area contributed by atoms with E-state index in [0.717, 1.165) is 22.8 Å². The molecule has 0 aliphatic heterocycles. The van der Waals surface area contributed by atoms with Crippen LogP contribution in [-0.2, 0) is 0 Å². The second-order valence-electron chi connectivity index (χ2n) is 11.1. The fourth-order valence-electron chi connectivity index (χ4n) is 6.51. The van der Waals surface area contributed by atoms with Crippen molar-refractivity contribution in [3.05, 3.63) is 169 Å². The summed E-state index contributed by atoms with van der Waals surface area (Å²) in [5.41, 5.74) is 7.29. The number of fused-ring (bicyclic) bond motifs is 3. The first kappa shape index (κ1) is 26.4. The van der Waals surface area contributed by atoms with E-state index in [1.165, 1.54) is 49.0 Å². The molecule has 0 amide bonds.